The molecule has 0 aliphatic heterocycles. The molecule has 1 aliphatic carbocycles. The number of aryl methyl sites for hydroxylation is 1. The molecule has 1 aromatic carbocycles. The normalized spacial score (nSPS) is 16.4. The molecule has 0 spiro atoms. The molecule has 10 heteroatoms. The third kappa shape index (κ3) is 4.17. The number of anilines is 2. The molecule has 1 unspecified atom stereocenters. The van der Waals surface area contributed by atoms with Crippen LogP contribution >= 0.6 is 11.3 Å². The number of nitrogens with two attached hydrogens (primary N) is 1. The van der Waals surface area contributed by atoms with E-state index in [1.807, 2.05) is 18.2 Å². The SMILES string of the molecule is CN=C(/C=C\N)CNC(=O)C1CCc2c(sc3ncnc(Nc4ccc5[nH]ncc5c4)c23)C1. The summed E-state index contributed by atoms with van der Waals surface area (Å²) in [7, 11) is 1.69. The molecule has 1 aliphatic rings. The standard InChI is InChI=1S/C23H24N8OS/c1-25-16(6-7-24)11-26-22(32)13-2-4-17-19(9-13)33-23-20(17)21(27-12-28-23)30-15-3-5-18-14(8-15)10-29-31-18/h3,5-8,10,12-13H,2,4,9,11,24H2,1H3,(H,26,32)(H,29,31)(H,27,28,30)/b7-6-,25-16?. The van der Waals surface area contributed by atoms with E-state index in [4.69, 9.17) is 5.73 Å². The van der Waals surface area contributed by atoms with Gasteiger partial charge in [0.05, 0.1) is 29.4 Å². The van der Waals surface area contributed by atoms with Gasteiger partial charge in [-0.2, -0.15) is 5.10 Å². The number of aromatic nitrogens is 4. The summed E-state index contributed by atoms with van der Waals surface area (Å²) in [5.41, 5.74) is 9.34. The number of carbonyl (C=O) groups excluding carboxylic acids is 1. The lowest BCUT2D eigenvalue weighted by Gasteiger charge is -2.22. The minimum atomic E-state index is -0.0709. The molecule has 3 aromatic heterocycles. The highest BCUT2D eigenvalue weighted by atomic mass is 32.1. The predicted molar refractivity (Wildman–Crippen MR) is 132 cm³/mol. The Kier molecular flexibility index (Phi) is 5.74. The number of benzene rings is 1. The van der Waals surface area contributed by atoms with Gasteiger partial charge in [-0.05, 0) is 55.3 Å². The number of amides is 1. The van der Waals surface area contributed by atoms with Gasteiger partial charge in [0.25, 0.3) is 0 Å². The minimum Gasteiger partial charge on any atom is -0.405 e. The summed E-state index contributed by atoms with van der Waals surface area (Å²) in [5, 5.41) is 15.6. The molecule has 3 heterocycles. The first-order chi connectivity index (χ1) is 16.2. The summed E-state index contributed by atoms with van der Waals surface area (Å²) in [6, 6.07) is 6.04. The zero-order valence-corrected chi connectivity index (χ0v) is 18.9. The van der Waals surface area contributed by atoms with Crippen LogP contribution in [-0.4, -0.2) is 45.4 Å². The number of hydrogen-bond acceptors (Lipinski definition) is 8. The maximum atomic E-state index is 12.8. The van der Waals surface area contributed by atoms with Crippen molar-refractivity contribution in [3.63, 3.8) is 0 Å². The number of nitrogens with one attached hydrogen (secondary N) is 3. The molecule has 9 nitrogen and oxygen atoms in total. The molecule has 0 fully saturated rings. The number of aliphatic imine (C=N–C) groups is 1. The van der Waals surface area contributed by atoms with E-state index in [1.165, 1.54) is 16.6 Å². The van der Waals surface area contributed by atoms with Crippen LogP contribution in [0, 0.1) is 5.92 Å². The molecule has 33 heavy (non-hydrogen) atoms. The van der Waals surface area contributed by atoms with E-state index < -0.39 is 0 Å². The van der Waals surface area contributed by atoms with E-state index in [0.29, 0.717) is 13.0 Å². The number of aromatic amines is 1. The molecular formula is C23H24N8OS. The summed E-state index contributed by atoms with van der Waals surface area (Å²) in [5.74, 6) is 0.765. The fourth-order valence-corrected chi connectivity index (χ4v) is 5.50. The molecule has 1 atom stereocenters. The van der Waals surface area contributed by atoms with Crippen molar-refractivity contribution in [2.24, 2.45) is 16.6 Å². The van der Waals surface area contributed by atoms with E-state index >= 15 is 0 Å². The van der Waals surface area contributed by atoms with Crippen LogP contribution in [0.3, 0.4) is 0 Å². The Bertz CT molecular complexity index is 1390. The fraction of sp³-hybridized carbons (Fsp3) is 0.261. The molecule has 5 rings (SSSR count). The largest absolute Gasteiger partial charge is 0.405 e. The number of carbonyl (C=O) groups is 1. The van der Waals surface area contributed by atoms with E-state index in [9.17, 15) is 4.79 Å². The summed E-state index contributed by atoms with van der Waals surface area (Å²) in [4.78, 5) is 28.1. The molecule has 0 saturated carbocycles. The van der Waals surface area contributed by atoms with Gasteiger partial charge in [0.15, 0.2) is 0 Å². The van der Waals surface area contributed by atoms with Gasteiger partial charge in [-0.3, -0.25) is 14.9 Å². The number of rotatable bonds is 6. The van der Waals surface area contributed by atoms with Crippen molar-refractivity contribution < 1.29 is 4.79 Å². The number of hydrogen-bond donors (Lipinski definition) is 4. The van der Waals surface area contributed by atoms with Crippen LogP contribution in [0.1, 0.15) is 16.9 Å². The van der Waals surface area contributed by atoms with Crippen LogP contribution < -0.4 is 16.4 Å². The lowest BCUT2D eigenvalue weighted by molar-refractivity contribution is -0.125. The Balaban J connectivity index is 1.36. The first kappa shape index (κ1) is 21.1. The molecule has 0 bridgehead atoms. The first-order valence-corrected chi connectivity index (χ1v) is 11.5. The monoisotopic (exact) mass is 460 g/mol. The van der Waals surface area contributed by atoms with Gasteiger partial charge in [-0.15, -0.1) is 11.3 Å². The van der Waals surface area contributed by atoms with Crippen molar-refractivity contribution in [1.29, 1.82) is 0 Å². The average molecular weight is 461 g/mol. The Morgan fingerprint density at radius 3 is 3.15 bits per heavy atom. The van der Waals surface area contributed by atoms with Crippen LogP contribution in [0.2, 0.25) is 0 Å². The van der Waals surface area contributed by atoms with Crippen LogP contribution in [0.5, 0.6) is 0 Å². The van der Waals surface area contributed by atoms with Gasteiger partial charge in [0.2, 0.25) is 5.91 Å². The van der Waals surface area contributed by atoms with Crippen molar-refractivity contribution in [1.82, 2.24) is 25.5 Å². The maximum Gasteiger partial charge on any atom is 0.223 e. The summed E-state index contributed by atoms with van der Waals surface area (Å²) in [6.07, 6.45) is 8.81. The topological polar surface area (TPSA) is 134 Å². The maximum absolute atomic E-state index is 12.8. The van der Waals surface area contributed by atoms with Crippen molar-refractivity contribution in [2.75, 3.05) is 18.9 Å². The van der Waals surface area contributed by atoms with E-state index in [0.717, 1.165) is 51.2 Å². The van der Waals surface area contributed by atoms with Crippen LogP contribution in [0.4, 0.5) is 11.5 Å². The Hall–Kier alpha value is -3.79. The Labute approximate surface area is 194 Å². The Morgan fingerprint density at radius 1 is 1.39 bits per heavy atom. The molecule has 168 valence electrons. The van der Waals surface area contributed by atoms with Gasteiger partial charge in [0, 0.05) is 28.9 Å². The van der Waals surface area contributed by atoms with Crippen molar-refractivity contribution in [3.05, 3.63) is 53.4 Å². The van der Waals surface area contributed by atoms with Gasteiger partial charge in [0.1, 0.15) is 17.0 Å². The molecule has 5 N–H and O–H groups in total. The van der Waals surface area contributed by atoms with Gasteiger partial charge in [-0.1, -0.05) is 0 Å². The number of nitrogens with zero attached hydrogens (tertiary/aromatic N) is 4. The highest BCUT2D eigenvalue weighted by Crippen LogP contribution is 2.40. The number of H-pyrrole nitrogens is 1. The van der Waals surface area contributed by atoms with Crippen molar-refractivity contribution in [2.45, 2.75) is 19.3 Å². The van der Waals surface area contributed by atoms with Gasteiger partial charge in [-0.25, -0.2) is 9.97 Å². The first-order valence-electron chi connectivity index (χ1n) is 10.7. The van der Waals surface area contributed by atoms with E-state index in [-0.39, 0.29) is 11.8 Å². The number of thiophene rings is 1. The van der Waals surface area contributed by atoms with Crippen LogP contribution in [0.25, 0.3) is 21.1 Å². The van der Waals surface area contributed by atoms with Crippen molar-refractivity contribution >= 4 is 55.6 Å². The zero-order chi connectivity index (χ0) is 22.8. The lowest BCUT2D eigenvalue weighted by atomic mass is 9.87. The lowest BCUT2D eigenvalue weighted by Crippen LogP contribution is -2.36. The third-order valence-corrected chi connectivity index (χ3v) is 7.10. The molecular weight excluding hydrogens is 436 g/mol. The van der Waals surface area contributed by atoms with Gasteiger partial charge >= 0.3 is 0 Å². The second-order valence-electron chi connectivity index (χ2n) is 7.93. The highest BCUT2D eigenvalue weighted by molar-refractivity contribution is 7.19. The van der Waals surface area contributed by atoms with Crippen molar-refractivity contribution in [3.8, 4) is 0 Å². The fourth-order valence-electron chi connectivity index (χ4n) is 4.23. The second-order valence-corrected chi connectivity index (χ2v) is 9.02. The average Bonchev–Trinajstić information content (AvgIpc) is 3.45. The third-order valence-electron chi connectivity index (χ3n) is 5.94. The predicted octanol–water partition coefficient (Wildman–Crippen LogP) is 3.08. The van der Waals surface area contributed by atoms with Crippen LogP contribution in [0.15, 0.2) is 48.0 Å². The van der Waals surface area contributed by atoms with Gasteiger partial charge < -0.3 is 16.4 Å². The van der Waals surface area contributed by atoms with Crippen LogP contribution in [-0.2, 0) is 17.6 Å². The highest BCUT2D eigenvalue weighted by Gasteiger charge is 2.29. The molecule has 1 amide bonds. The molecule has 0 radical (unpaired) electrons. The number of fused-ring (bicyclic) bond motifs is 4. The molecule has 0 saturated heterocycles. The summed E-state index contributed by atoms with van der Waals surface area (Å²) < 4.78 is 0. The summed E-state index contributed by atoms with van der Waals surface area (Å²) >= 11 is 1.65. The molecule has 4 aromatic rings. The Morgan fingerprint density at radius 2 is 2.30 bits per heavy atom. The summed E-state index contributed by atoms with van der Waals surface area (Å²) in [6.45, 7) is 0.374. The van der Waals surface area contributed by atoms with E-state index in [2.05, 4.69) is 35.8 Å². The van der Waals surface area contributed by atoms with E-state index in [1.54, 1.807) is 37.0 Å². The zero-order valence-electron chi connectivity index (χ0n) is 18.1. The quantitative estimate of drug-likeness (QED) is 0.327. The minimum absolute atomic E-state index is 0.0440. The second kappa shape index (κ2) is 8.99. The smallest absolute Gasteiger partial charge is 0.223 e.